The number of pyridine rings is 1. The summed E-state index contributed by atoms with van der Waals surface area (Å²) in [5, 5.41) is 12.1. The monoisotopic (exact) mass is 354 g/mol. The van der Waals surface area contributed by atoms with E-state index in [1.54, 1.807) is 17.0 Å². The van der Waals surface area contributed by atoms with E-state index < -0.39 is 0 Å². The second-order valence-corrected chi connectivity index (χ2v) is 6.51. The molecule has 0 radical (unpaired) electrons. The number of aromatic nitrogens is 5. The Hall–Kier alpha value is -2.74. The smallest absolute Gasteiger partial charge is 0.346 e. The van der Waals surface area contributed by atoms with E-state index in [2.05, 4.69) is 20.6 Å². The quantitative estimate of drug-likeness (QED) is 0.749. The van der Waals surface area contributed by atoms with E-state index in [1.807, 2.05) is 25.1 Å². The van der Waals surface area contributed by atoms with Crippen LogP contribution in [0.3, 0.4) is 0 Å². The fraction of sp³-hybridized carbons (Fsp3) is 0.444. The highest BCUT2D eigenvalue weighted by molar-refractivity contribution is 5.57. The van der Waals surface area contributed by atoms with Crippen molar-refractivity contribution in [1.82, 2.24) is 29.8 Å². The van der Waals surface area contributed by atoms with Crippen LogP contribution < -0.4 is 11.0 Å². The first kappa shape index (κ1) is 16.7. The number of nitrogens with one attached hydrogen (secondary N) is 1. The van der Waals surface area contributed by atoms with E-state index in [9.17, 15) is 4.79 Å². The molecule has 0 unspecified atom stereocenters. The van der Waals surface area contributed by atoms with Crippen LogP contribution in [-0.2, 0) is 13.1 Å². The molecule has 3 aromatic heterocycles. The second kappa shape index (κ2) is 7.25. The first-order chi connectivity index (χ1) is 12.8. The van der Waals surface area contributed by atoms with Crippen molar-refractivity contribution in [1.29, 1.82) is 0 Å². The third-order valence-corrected chi connectivity index (χ3v) is 4.75. The average Bonchev–Trinajstić information content (AvgIpc) is 3.28. The Morgan fingerprint density at radius 1 is 1.42 bits per heavy atom. The van der Waals surface area contributed by atoms with E-state index >= 15 is 0 Å². The summed E-state index contributed by atoms with van der Waals surface area (Å²) in [5.41, 5.74) is 1.48. The number of hydrogen-bond acceptors (Lipinski definition) is 6. The summed E-state index contributed by atoms with van der Waals surface area (Å²) in [6.45, 7) is 4.75. The van der Waals surface area contributed by atoms with Crippen LogP contribution in [0.25, 0.3) is 11.3 Å². The maximum atomic E-state index is 12.7. The standard InChI is InChI=1S/C18H22N6O2/c1-2-23-17(14-6-4-8-20-11-14)21-24(18(23)25)12-15-9-16(22-26-15)13-5-3-7-19-10-13/h3,5,7,9-10,14,20H,2,4,6,8,11-12H2,1H3/t14-/m0/s1. The number of nitrogens with zero attached hydrogens (tertiary/aromatic N) is 5. The first-order valence-electron chi connectivity index (χ1n) is 9.00. The summed E-state index contributed by atoms with van der Waals surface area (Å²) in [7, 11) is 0. The molecule has 0 amide bonds. The Balaban J connectivity index is 1.60. The molecule has 0 saturated carbocycles. The molecule has 0 spiro atoms. The van der Waals surface area contributed by atoms with Gasteiger partial charge >= 0.3 is 5.69 Å². The van der Waals surface area contributed by atoms with Gasteiger partial charge in [-0.1, -0.05) is 5.16 Å². The molecule has 0 bridgehead atoms. The molecule has 1 aliphatic heterocycles. The van der Waals surface area contributed by atoms with Crippen molar-refractivity contribution in [2.45, 2.75) is 38.8 Å². The van der Waals surface area contributed by atoms with Gasteiger partial charge in [0.15, 0.2) is 5.76 Å². The Kier molecular flexibility index (Phi) is 4.66. The Morgan fingerprint density at radius 3 is 3.08 bits per heavy atom. The fourth-order valence-corrected chi connectivity index (χ4v) is 3.42. The molecule has 4 rings (SSSR count). The Morgan fingerprint density at radius 2 is 2.35 bits per heavy atom. The minimum absolute atomic E-state index is 0.104. The maximum Gasteiger partial charge on any atom is 0.346 e. The highest BCUT2D eigenvalue weighted by Gasteiger charge is 2.23. The lowest BCUT2D eigenvalue weighted by atomic mass is 9.99. The van der Waals surface area contributed by atoms with Crippen molar-refractivity contribution in [3.05, 3.63) is 52.7 Å². The van der Waals surface area contributed by atoms with Crippen LogP contribution in [0.15, 0.2) is 39.9 Å². The third kappa shape index (κ3) is 3.20. The minimum Gasteiger partial charge on any atom is -0.359 e. The molecule has 0 aliphatic carbocycles. The van der Waals surface area contributed by atoms with E-state index in [-0.39, 0.29) is 18.2 Å². The van der Waals surface area contributed by atoms with Gasteiger partial charge < -0.3 is 9.84 Å². The van der Waals surface area contributed by atoms with Crippen LogP contribution in [0.1, 0.15) is 37.3 Å². The average molecular weight is 354 g/mol. The van der Waals surface area contributed by atoms with Crippen LogP contribution >= 0.6 is 0 Å². The molecule has 8 nitrogen and oxygen atoms in total. The van der Waals surface area contributed by atoms with E-state index in [0.717, 1.165) is 37.3 Å². The van der Waals surface area contributed by atoms with Crippen molar-refractivity contribution < 1.29 is 4.52 Å². The highest BCUT2D eigenvalue weighted by Crippen LogP contribution is 2.21. The molecule has 8 heteroatoms. The summed E-state index contributed by atoms with van der Waals surface area (Å²) >= 11 is 0. The van der Waals surface area contributed by atoms with E-state index in [0.29, 0.717) is 18.0 Å². The molecule has 1 aliphatic rings. The summed E-state index contributed by atoms with van der Waals surface area (Å²) in [5.74, 6) is 1.73. The zero-order valence-corrected chi connectivity index (χ0v) is 14.8. The lowest BCUT2D eigenvalue weighted by Crippen LogP contribution is -2.31. The van der Waals surface area contributed by atoms with Gasteiger partial charge in [0.25, 0.3) is 0 Å². The molecule has 3 aromatic rings. The molecule has 0 aromatic carbocycles. The summed E-state index contributed by atoms with van der Waals surface area (Å²) in [6, 6.07) is 5.60. The zero-order valence-electron chi connectivity index (χ0n) is 14.8. The third-order valence-electron chi connectivity index (χ3n) is 4.75. The molecule has 4 heterocycles. The molecular weight excluding hydrogens is 332 g/mol. The van der Waals surface area contributed by atoms with Gasteiger partial charge in [0.2, 0.25) is 0 Å². The molecule has 136 valence electrons. The Labute approximate surface area is 150 Å². The molecule has 1 N–H and O–H groups in total. The summed E-state index contributed by atoms with van der Waals surface area (Å²) in [6.07, 6.45) is 5.60. The van der Waals surface area contributed by atoms with Gasteiger partial charge in [0.1, 0.15) is 18.1 Å². The SMILES string of the molecule is CCn1c([C@H]2CCCNC2)nn(Cc2cc(-c3cccnc3)no2)c1=O. The Bertz CT molecular complexity index is 921. The van der Waals surface area contributed by atoms with Gasteiger partial charge in [0.05, 0.1) is 0 Å². The zero-order chi connectivity index (χ0) is 17.9. The van der Waals surface area contributed by atoms with Crippen molar-refractivity contribution in [2.24, 2.45) is 0 Å². The fourth-order valence-electron chi connectivity index (χ4n) is 3.42. The normalized spacial score (nSPS) is 17.5. The van der Waals surface area contributed by atoms with Crippen molar-refractivity contribution in [3.63, 3.8) is 0 Å². The largest absolute Gasteiger partial charge is 0.359 e. The van der Waals surface area contributed by atoms with Gasteiger partial charge in [0, 0.05) is 43.0 Å². The second-order valence-electron chi connectivity index (χ2n) is 6.51. The topological polar surface area (TPSA) is 90.8 Å². The predicted molar refractivity (Wildman–Crippen MR) is 95.8 cm³/mol. The molecule has 26 heavy (non-hydrogen) atoms. The van der Waals surface area contributed by atoms with Crippen LogP contribution in [0.2, 0.25) is 0 Å². The van der Waals surface area contributed by atoms with Crippen molar-refractivity contribution in [3.8, 4) is 11.3 Å². The van der Waals surface area contributed by atoms with Crippen LogP contribution in [0.4, 0.5) is 0 Å². The maximum absolute atomic E-state index is 12.7. The van der Waals surface area contributed by atoms with Crippen molar-refractivity contribution >= 4 is 0 Å². The first-order valence-corrected chi connectivity index (χ1v) is 9.00. The van der Waals surface area contributed by atoms with Gasteiger partial charge in [-0.3, -0.25) is 9.55 Å². The minimum atomic E-state index is -0.104. The highest BCUT2D eigenvalue weighted by atomic mass is 16.5. The number of piperidine rings is 1. The number of rotatable bonds is 5. The van der Waals surface area contributed by atoms with Crippen LogP contribution in [0.5, 0.6) is 0 Å². The van der Waals surface area contributed by atoms with Crippen LogP contribution in [-0.4, -0.2) is 37.6 Å². The van der Waals surface area contributed by atoms with Gasteiger partial charge in [-0.2, -0.15) is 5.10 Å². The molecule has 1 atom stereocenters. The van der Waals surface area contributed by atoms with Gasteiger partial charge in [-0.05, 0) is 38.4 Å². The van der Waals surface area contributed by atoms with Crippen molar-refractivity contribution in [2.75, 3.05) is 13.1 Å². The molecular formula is C18H22N6O2. The summed E-state index contributed by atoms with van der Waals surface area (Å²) < 4.78 is 8.64. The lowest BCUT2D eigenvalue weighted by molar-refractivity contribution is 0.370. The van der Waals surface area contributed by atoms with E-state index in [4.69, 9.17) is 4.52 Å². The number of hydrogen-bond donors (Lipinski definition) is 1. The summed E-state index contributed by atoms with van der Waals surface area (Å²) in [4.78, 5) is 16.8. The molecule has 1 saturated heterocycles. The molecule has 1 fully saturated rings. The predicted octanol–water partition coefficient (Wildman–Crippen LogP) is 1.63. The van der Waals surface area contributed by atoms with Gasteiger partial charge in [-0.25, -0.2) is 9.48 Å². The van der Waals surface area contributed by atoms with Crippen LogP contribution in [0, 0.1) is 0 Å². The van der Waals surface area contributed by atoms with E-state index in [1.165, 1.54) is 4.68 Å². The lowest BCUT2D eigenvalue weighted by Gasteiger charge is -2.21. The van der Waals surface area contributed by atoms with Gasteiger partial charge in [-0.15, -0.1) is 0 Å².